The third kappa shape index (κ3) is 7.62. The Morgan fingerprint density at radius 1 is 0.792 bits per heavy atom. The van der Waals surface area contributed by atoms with Crippen molar-refractivity contribution in [1.29, 1.82) is 0 Å². The second-order valence-corrected chi connectivity index (χ2v) is 8.20. The van der Waals surface area contributed by atoms with Crippen LogP contribution in [0.1, 0.15) is 11.1 Å². The van der Waals surface area contributed by atoms with Gasteiger partial charge in [0.1, 0.15) is 0 Å². The van der Waals surface area contributed by atoms with Crippen LogP contribution in [0.15, 0.2) is 58.3 Å². The number of nitrogens with one attached hydrogen (secondary N) is 1. The first kappa shape index (κ1) is 23.5. The topological polar surface area (TPSA) is 101 Å². The van der Waals surface area contributed by atoms with Crippen LogP contribution >= 0.6 is 11.8 Å². The summed E-state index contributed by atoms with van der Waals surface area (Å²) in [6.07, 6.45) is 0. The molecule has 0 amide bonds. The van der Waals surface area contributed by atoms with Gasteiger partial charge >= 0.3 is 29.6 Å². The maximum absolute atomic E-state index is 11.1. The van der Waals surface area contributed by atoms with Gasteiger partial charge in [-0.2, -0.15) is 8.42 Å². The zero-order valence-corrected chi connectivity index (χ0v) is 14.8. The normalized spacial score (nSPS) is 11.0. The van der Waals surface area contributed by atoms with Gasteiger partial charge in [0.2, 0.25) is 0 Å². The van der Waals surface area contributed by atoms with E-state index >= 15 is 0 Å². The molecule has 0 saturated heterocycles. The monoisotopic (exact) mass is 401 g/mol. The fourth-order valence-corrected chi connectivity index (χ4v) is 2.80. The summed E-state index contributed by atoms with van der Waals surface area (Å²) in [6, 6.07) is 12.4. The second kappa shape index (κ2) is 9.88. The molecule has 0 radical (unpaired) electrons. The Hall–Kier alpha value is -0.450. The Labute approximate surface area is 169 Å². The molecule has 6 nitrogen and oxygen atoms in total. The molecule has 0 aliphatic heterocycles. The predicted octanol–water partition coefficient (Wildman–Crippen LogP) is 2.02. The molecule has 2 aromatic rings. The Kier molecular flexibility index (Phi) is 9.70. The minimum absolute atomic E-state index is 0. The van der Waals surface area contributed by atoms with Gasteiger partial charge in [0.25, 0.3) is 20.1 Å². The van der Waals surface area contributed by atoms with Gasteiger partial charge in [-0.25, -0.2) is 8.42 Å². The molecule has 2 aromatic carbocycles. The van der Waals surface area contributed by atoms with Crippen LogP contribution < -0.4 is 4.24 Å². The molecule has 0 fully saturated rings. The quantitative estimate of drug-likeness (QED) is 0.465. The van der Waals surface area contributed by atoms with Gasteiger partial charge in [0.15, 0.2) is 0 Å². The summed E-state index contributed by atoms with van der Waals surface area (Å²) < 4.78 is 53.4. The molecule has 0 aliphatic carbocycles. The van der Waals surface area contributed by atoms with Crippen molar-refractivity contribution in [3.8, 4) is 0 Å². The molecular weight excluding hydrogens is 385 g/mol. The first-order valence-electron chi connectivity index (χ1n) is 6.29. The van der Waals surface area contributed by atoms with Crippen LogP contribution in [0.4, 0.5) is 0 Å². The zero-order chi connectivity index (χ0) is 17.7. The first-order chi connectivity index (χ1) is 10.6. The van der Waals surface area contributed by atoms with E-state index in [1.807, 2.05) is 13.8 Å². The number of rotatable bonds is 3. The van der Waals surface area contributed by atoms with Gasteiger partial charge in [-0.1, -0.05) is 35.4 Å². The van der Waals surface area contributed by atoms with Crippen molar-refractivity contribution in [3.05, 3.63) is 59.7 Å². The number of benzene rings is 2. The van der Waals surface area contributed by atoms with Crippen molar-refractivity contribution < 1.29 is 21.4 Å². The van der Waals surface area contributed by atoms with E-state index in [-0.39, 0.29) is 39.3 Å². The van der Waals surface area contributed by atoms with E-state index in [9.17, 15) is 16.8 Å². The van der Waals surface area contributed by atoms with Crippen molar-refractivity contribution in [2.24, 2.45) is 0 Å². The Morgan fingerprint density at radius 2 is 1.12 bits per heavy atom. The molecule has 128 valence electrons. The number of hydrogen-bond acceptors (Lipinski definition) is 4. The summed E-state index contributed by atoms with van der Waals surface area (Å²) in [6.45, 7) is 3.72. The molecule has 0 unspecified atom stereocenters. The number of aryl methyl sites for hydroxylation is 2. The molecule has 0 bridgehead atoms. The van der Waals surface area contributed by atoms with Crippen molar-refractivity contribution in [3.63, 3.8) is 0 Å². The van der Waals surface area contributed by atoms with Crippen LogP contribution in [0.3, 0.4) is 0 Å². The Bertz CT molecular complexity index is 851. The van der Waals surface area contributed by atoms with Crippen LogP contribution in [0.25, 0.3) is 0 Å². The van der Waals surface area contributed by atoms with Gasteiger partial charge in [0, 0.05) is 0 Å². The molecular formula is C14H17ClNNaO5S2. The molecule has 2 N–H and O–H groups in total. The van der Waals surface area contributed by atoms with Crippen LogP contribution in [-0.4, -0.2) is 50.9 Å². The van der Waals surface area contributed by atoms with Crippen molar-refractivity contribution in [2.45, 2.75) is 23.6 Å². The maximum atomic E-state index is 11.1. The standard InChI is InChI=1S/C7H8ClNO2S.C7H8O3S.Na.H/c1-6-2-4-7(5-3-6)12(10,11)9-8;1-6-2-4-7(5-3-6)11(8,9)10;;/h2-5,9H,1H3;2-5H,1H3,(H,8,9,10);;. The summed E-state index contributed by atoms with van der Waals surface area (Å²) in [5.41, 5.74) is 1.96. The summed E-state index contributed by atoms with van der Waals surface area (Å²) in [5.74, 6) is 0. The van der Waals surface area contributed by atoms with Gasteiger partial charge in [-0.05, 0) is 49.9 Å². The molecule has 10 heteroatoms. The van der Waals surface area contributed by atoms with E-state index < -0.39 is 20.1 Å². The Balaban J connectivity index is 0.000000425. The fourth-order valence-electron chi connectivity index (χ4n) is 1.47. The van der Waals surface area contributed by atoms with E-state index in [1.54, 1.807) is 28.5 Å². The molecule has 0 aliphatic rings. The number of sulfonamides is 1. The van der Waals surface area contributed by atoms with Crippen LogP contribution in [0.5, 0.6) is 0 Å². The molecule has 24 heavy (non-hydrogen) atoms. The predicted molar refractivity (Wildman–Crippen MR) is 95.5 cm³/mol. The first-order valence-corrected chi connectivity index (χ1v) is 9.59. The average Bonchev–Trinajstić information content (AvgIpc) is 2.48. The SMILES string of the molecule is Cc1ccc(S(=O)(=O)NCl)cc1.Cc1ccc(S(=O)(=O)O)cc1.[NaH]. The van der Waals surface area contributed by atoms with Gasteiger partial charge in [-0.3, -0.25) is 4.55 Å². The van der Waals surface area contributed by atoms with Crippen molar-refractivity contribution in [2.75, 3.05) is 0 Å². The van der Waals surface area contributed by atoms with E-state index in [2.05, 4.69) is 0 Å². The van der Waals surface area contributed by atoms with E-state index in [1.165, 1.54) is 24.3 Å². The summed E-state index contributed by atoms with van der Waals surface area (Å²) in [7, 11) is -7.52. The average molecular weight is 402 g/mol. The van der Waals surface area contributed by atoms with Crippen LogP contribution in [0.2, 0.25) is 0 Å². The number of hydrogen-bond donors (Lipinski definition) is 2. The van der Waals surface area contributed by atoms with Crippen LogP contribution in [-0.2, 0) is 20.1 Å². The third-order valence-corrected chi connectivity index (χ3v) is 5.32. The van der Waals surface area contributed by atoms with E-state index in [0.29, 0.717) is 0 Å². The molecule has 0 spiro atoms. The summed E-state index contributed by atoms with van der Waals surface area (Å²) in [4.78, 5) is 0.103. The van der Waals surface area contributed by atoms with Gasteiger partial charge < -0.3 is 0 Å². The Morgan fingerprint density at radius 3 is 1.42 bits per heavy atom. The fraction of sp³-hybridized carbons (Fsp3) is 0.143. The van der Waals surface area contributed by atoms with Crippen molar-refractivity contribution >= 4 is 61.5 Å². The van der Waals surface area contributed by atoms with Crippen molar-refractivity contribution in [1.82, 2.24) is 4.24 Å². The minimum atomic E-state index is -4.02. The van der Waals surface area contributed by atoms with Gasteiger partial charge in [-0.15, -0.1) is 4.24 Å². The zero-order valence-electron chi connectivity index (χ0n) is 12.4. The molecule has 0 heterocycles. The third-order valence-electron chi connectivity index (χ3n) is 2.75. The number of halogens is 1. The van der Waals surface area contributed by atoms with E-state index in [4.69, 9.17) is 16.3 Å². The summed E-state index contributed by atoms with van der Waals surface area (Å²) in [5, 5.41) is 0. The van der Waals surface area contributed by atoms with Gasteiger partial charge in [0.05, 0.1) is 9.79 Å². The molecule has 0 aromatic heterocycles. The molecule has 0 atom stereocenters. The second-order valence-electron chi connectivity index (χ2n) is 4.68. The summed E-state index contributed by atoms with van der Waals surface area (Å²) >= 11 is 5.03. The molecule has 0 saturated carbocycles. The van der Waals surface area contributed by atoms with Crippen LogP contribution in [0, 0.1) is 13.8 Å². The molecule has 2 rings (SSSR count). The van der Waals surface area contributed by atoms with E-state index in [0.717, 1.165) is 11.1 Å².